The summed E-state index contributed by atoms with van der Waals surface area (Å²) >= 11 is 0. The summed E-state index contributed by atoms with van der Waals surface area (Å²) in [5, 5.41) is 15.2. The van der Waals surface area contributed by atoms with E-state index in [0.29, 0.717) is 25.2 Å². The van der Waals surface area contributed by atoms with Crippen LogP contribution in [0.3, 0.4) is 0 Å². The summed E-state index contributed by atoms with van der Waals surface area (Å²) in [6.07, 6.45) is 1.61. The third-order valence-corrected chi connectivity index (χ3v) is 7.28. The topological polar surface area (TPSA) is 97.6 Å². The Kier molecular flexibility index (Phi) is 8.04. The van der Waals surface area contributed by atoms with E-state index in [9.17, 15) is 9.90 Å². The van der Waals surface area contributed by atoms with E-state index >= 15 is 0 Å². The number of nitrogens with one attached hydrogen (secondary N) is 2. The molecule has 0 saturated carbocycles. The first-order chi connectivity index (χ1) is 20.1. The summed E-state index contributed by atoms with van der Waals surface area (Å²) in [4.78, 5) is 16.9. The van der Waals surface area contributed by atoms with Crippen LogP contribution in [0, 0.1) is 0 Å². The van der Waals surface area contributed by atoms with Gasteiger partial charge in [0.25, 0.3) is 0 Å². The van der Waals surface area contributed by atoms with Gasteiger partial charge < -0.3 is 29.8 Å². The Morgan fingerprint density at radius 3 is 2.37 bits per heavy atom. The number of benzene rings is 4. The third kappa shape index (κ3) is 6.47. The average molecular weight is 549 g/mol. The number of imidazole rings is 1. The first kappa shape index (κ1) is 26.7. The number of ether oxygens (including phenoxy) is 2. The zero-order valence-corrected chi connectivity index (χ0v) is 22.5. The normalized spacial score (nSPS) is 18.7. The molecule has 2 amide bonds. The van der Waals surface area contributed by atoms with Crippen LogP contribution in [0.25, 0.3) is 11.0 Å². The second-order valence-electron chi connectivity index (χ2n) is 10.2. The molecule has 1 aliphatic rings. The first-order valence-corrected chi connectivity index (χ1v) is 13.7. The Balaban J connectivity index is 1.17. The van der Waals surface area contributed by atoms with Crippen LogP contribution in [0.2, 0.25) is 0 Å². The van der Waals surface area contributed by atoms with Crippen LogP contribution >= 0.6 is 0 Å². The average Bonchev–Trinajstić information content (AvgIpc) is 3.43. The fourth-order valence-corrected chi connectivity index (χ4v) is 5.09. The monoisotopic (exact) mass is 548 g/mol. The van der Waals surface area contributed by atoms with Crippen molar-refractivity contribution in [2.75, 3.05) is 5.32 Å². The molecule has 3 atom stereocenters. The van der Waals surface area contributed by atoms with Crippen molar-refractivity contribution in [2.24, 2.45) is 0 Å². The molecule has 0 aliphatic carbocycles. The van der Waals surface area contributed by atoms with E-state index in [1.807, 2.05) is 103 Å². The number of anilines is 1. The van der Waals surface area contributed by atoms with Crippen molar-refractivity contribution in [3.63, 3.8) is 0 Å². The van der Waals surface area contributed by atoms with Crippen molar-refractivity contribution in [3.05, 3.63) is 132 Å². The molecule has 1 fully saturated rings. The molecule has 8 nitrogen and oxygen atoms in total. The number of aliphatic hydroxyl groups is 1. The van der Waals surface area contributed by atoms with E-state index in [1.165, 1.54) is 0 Å². The smallest absolute Gasteiger partial charge is 0.319 e. The quantitative estimate of drug-likeness (QED) is 0.218. The Morgan fingerprint density at radius 1 is 0.854 bits per heavy atom. The third-order valence-electron chi connectivity index (χ3n) is 7.28. The molecule has 208 valence electrons. The summed E-state index contributed by atoms with van der Waals surface area (Å²) in [6.45, 7) is 1.08. The number of aromatic nitrogens is 2. The highest BCUT2D eigenvalue weighted by atomic mass is 16.7. The minimum absolute atomic E-state index is 0.00146. The number of hydrogen-bond acceptors (Lipinski definition) is 5. The van der Waals surface area contributed by atoms with Crippen molar-refractivity contribution in [1.29, 1.82) is 0 Å². The molecular formula is C33H32N4O4. The van der Waals surface area contributed by atoms with Crippen LogP contribution < -0.4 is 10.6 Å². The Hall–Kier alpha value is -4.50. The second-order valence-corrected chi connectivity index (χ2v) is 10.2. The van der Waals surface area contributed by atoms with Gasteiger partial charge in [-0.3, -0.25) is 0 Å². The Bertz CT molecular complexity index is 1590. The predicted octanol–water partition coefficient (Wildman–Crippen LogP) is 6.10. The fraction of sp³-hybridized carbons (Fsp3) is 0.212. The molecule has 6 rings (SSSR count). The first-order valence-electron chi connectivity index (χ1n) is 13.7. The van der Waals surface area contributed by atoms with E-state index in [0.717, 1.165) is 33.3 Å². The van der Waals surface area contributed by atoms with Crippen molar-refractivity contribution in [2.45, 2.75) is 44.6 Å². The van der Waals surface area contributed by atoms with E-state index in [-0.39, 0.29) is 24.8 Å². The molecule has 8 heteroatoms. The van der Waals surface area contributed by atoms with E-state index in [4.69, 9.17) is 9.47 Å². The number of carbonyl (C=O) groups is 1. The molecule has 4 aromatic carbocycles. The van der Waals surface area contributed by atoms with Gasteiger partial charge in [-0.1, -0.05) is 78.9 Å². The largest absolute Gasteiger partial charge is 0.392 e. The zero-order valence-electron chi connectivity index (χ0n) is 22.5. The van der Waals surface area contributed by atoms with Crippen LogP contribution in [0.5, 0.6) is 0 Å². The molecule has 0 spiro atoms. The fourth-order valence-electron chi connectivity index (χ4n) is 5.09. The SMILES string of the molecule is O=C(NCc1ccccc1)Nc1ccc(C2OC(Cn3cnc4ccccc43)CC(c3ccc(CO)cc3)O2)cc1. The number of fused-ring (bicyclic) bond motifs is 1. The highest BCUT2D eigenvalue weighted by Crippen LogP contribution is 2.38. The van der Waals surface area contributed by atoms with E-state index in [2.05, 4.69) is 26.3 Å². The van der Waals surface area contributed by atoms with Crippen molar-refractivity contribution < 1.29 is 19.4 Å². The van der Waals surface area contributed by atoms with Crippen LogP contribution in [0.4, 0.5) is 10.5 Å². The van der Waals surface area contributed by atoms with Crippen LogP contribution in [0.15, 0.2) is 109 Å². The van der Waals surface area contributed by atoms with Gasteiger partial charge >= 0.3 is 6.03 Å². The molecule has 1 saturated heterocycles. The number of amides is 2. The number of urea groups is 1. The highest BCUT2D eigenvalue weighted by molar-refractivity contribution is 5.89. The van der Waals surface area contributed by atoms with E-state index < -0.39 is 6.29 Å². The van der Waals surface area contributed by atoms with E-state index in [1.54, 1.807) is 0 Å². The summed E-state index contributed by atoms with van der Waals surface area (Å²) in [7, 11) is 0. The number of nitrogens with zero attached hydrogens (tertiary/aromatic N) is 2. The molecule has 2 heterocycles. The minimum atomic E-state index is -0.591. The van der Waals surface area contributed by atoms with Gasteiger partial charge in [-0.25, -0.2) is 9.78 Å². The Morgan fingerprint density at radius 2 is 1.59 bits per heavy atom. The molecule has 0 radical (unpaired) electrons. The summed E-state index contributed by atoms with van der Waals surface area (Å²) in [6, 6.07) is 32.9. The van der Waals surface area contributed by atoms with Crippen molar-refractivity contribution >= 4 is 22.8 Å². The number of rotatable bonds is 8. The molecule has 1 aliphatic heterocycles. The number of aliphatic hydroxyl groups excluding tert-OH is 1. The summed E-state index contributed by atoms with van der Waals surface area (Å²) in [5.41, 5.74) is 6.46. The van der Waals surface area contributed by atoms with Crippen molar-refractivity contribution in [3.8, 4) is 0 Å². The molecule has 3 unspecified atom stereocenters. The lowest BCUT2D eigenvalue weighted by molar-refractivity contribution is -0.252. The van der Waals surface area contributed by atoms with Gasteiger partial charge in [0.2, 0.25) is 0 Å². The van der Waals surface area contributed by atoms with Gasteiger partial charge in [-0.2, -0.15) is 0 Å². The highest BCUT2D eigenvalue weighted by Gasteiger charge is 2.32. The zero-order chi connectivity index (χ0) is 28.0. The second kappa shape index (κ2) is 12.3. The molecule has 41 heavy (non-hydrogen) atoms. The lowest BCUT2D eigenvalue weighted by Gasteiger charge is -2.36. The molecule has 0 bridgehead atoms. The lowest BCUT2D eigenvalue weighted by Crippen LogP contribution is -2.32. The predicted molar refractivity (Wildman–Crippen MR) is 157 cm³/mol. The minimum Gasteiger partial charge on any atom is -0.392 e. The molecule has 3 N–H and O–H groups in total. The molecule has 5 aromatic rings. The summed E-state index contributed by atoms with van der Waals surface area (Å²) < 4.78 is 15.1. The van der Waals surface area contributed by atoms with Gasteiger partial charge in [-0.15, -0.1) is 0 Å². The standard InChI is InChI=1S/C33H32N4O4/c38-21-24-10-12-25(13-11-24)31-18-28(20-37-22-35-29-8-4-5-9-30(29)37)40-32(41-31)26-14-16-27(17-15-26)36-33(39)34-19-23-6-2-1-3-7-23/h1-17,22,28,31-32,38H,18-21H2,(H2,34,36,39). The lowest BCUT2D eigenvalue weighted by atomic mass is 10.00. The summed E-state index contributed by atoms with van der Waals surface area (Å²) in [5.74, 6) is 0. The van der Waals surface area contributed by atoms with Gasteiger partial charge in [-0.05, 0) is 41.0 Å². The molecule has 1 aromatic heterocycles. The van der Waals surface area contributed by atoms with Gasteiger partial charge in [0.1, 0.15) is 0 Å². The van der Waals surface area contributed by atoms with Gasteiger partial charge in [0.05, 0.1) is 42.7 Å². The number of carbonyl (C=O) groups excluding carboxylic acids is 1. The van der Waals surface area contributed by atoms with Gasteiger partial charge in [0, 0.05) is 24.2 Å². The maximum absolute atomic E-state index is 12.4. The van der Waals surface area contributed by atoms with Crippen LogP contribution in [0.1, 0.15) is 41.1 Å². The van der Waals surface area contributed by atoms with Crippen LogP contribution in [-0.2, 0) is 29.2 Å². The van der Waals surface area contributed by atoms with Crippen LogP contribution in [-0.4, -0.2) is 26.8 Å². The maximum atomic E-state index is 12.4. The number of hydrogen-bond donors (Lipinski definition) is 3. The number of para-hydroxylation sites is 2. The molecular weight excluding hydrogens is 516 g/mol. The maximum Gasteiger partial charge on any atom is 0.319 e. The van der Waals surface area contributed by atoms with Gasteiger partial charge in [0.15, 0.2) is 6.29 Å². The Labute approximate surface area is 238 Å². The van der Waals surface area contributed by atoms with Crippen molar-refractivity contribution in [1.82, 2.24) is 14.9 Å².